The highest BCUT2D eigenvalue weighted by molar-refractivity contribution is 7.15. The molecule has 1 aliphatic rings. The Hall–Kier alpha value is -1.92. The maximum Gasteiger partial charge on any atom is 0.226 e. The van der Waals surface area contributed by atoms with E-state index in [1.807, 2.05) is 6.92 Å². The van der Waals surface area contributed by atoms with Crippen LogP contribution in [0.3, 0.4) is 0 Å². The van der Waals surface area contributed by atoms with Crippen LogP contribution < -0.4 is 10.1 Å². The Kier molecular flexibility index (Phi) is 6.27. The van der Waals surface area contributed by atoms with Gasteiger partial charge >= 0.3 is 0 Å². The van der Waals surface area contributed by atoms with Gasteiger partial charge in [0.1, 0.15) is 5.75 Å². The monoisotopic (exact) mass is 373 g/mol. The number of fused-ring (bicyclic) bond motifs is 1. The number of benzene rings is 1. The predicted octanol–water partition coefficient (Wildman–Crippen LogP) is 3.94. The topological polar surface area (TPSA) is 54.5 Å². The van der Waals surface area contributed by atoms with Gasteiger partial charge in [0, 0.05) is 30.8 Å². The van der Waals surface area contributed by atoms with Crippen molar-refractivity contribution in [2.45, 2.75) is 46.1 Å². The molecule has 1 N–H and O–H groups in total. The first-order valence-corrected chi connectivity index (χ1v) is 10.00. The average Bonchev–Trinajstić information content (AvgIpc) is 2.98. The number of anilines is 1. The van der Waals surface area contributed by atoms with Crippen LogP contribution in [0, 0.1) is 13.8 Å². The summed E-state index contributed by atoms with van der Waals surface area (Å²) >= 11 is 1.60. The van der Waals surface area contributed by atoms with Crippen molar-refractivity contribution in [3.63, 3.8) is 0 Å². The minimum Gasteiger partial charge on any atom is -0.493 e. The van der Waals surface area contributed by atoms with Gasteiger partial charge in [0.2, 0.25) is 5.91 Å². The molecule has 0 spiro atoms. The first kappa shape index (κ1) is 18.9. The number of aryl methyl sites for hydroxylation is 2. The molecule has 6 heteroatoms. The summed E-state index contributed by atoms with van der Waals surface area (Å²) in [6.45, 7) is 6.71. The van der Waals surface area contributed by atoms with Crippen molar-refractivity contribution in [2.24, 2.45) is 0 Å². The summed E-state index contributed by atoms with van der Waals surface area (Å²) in [6, 6.07) is 6.22. The van der Waals surface area contributed by atoms with Gasteiger partial charge in [-0.2, -0.15) is 0 Å². The lowest BCUT2D eigenvalue weighted by atomic mass is 10.1. The number of amides is 1. The number of rotatable bonds is 7. The Balaban J connectivity index is 1.37. The zero-order chi connectivity index (χ0) is 18.5. The second-order valence-corrected chi connectivity index (χ2v) is 8.08. The van der Waals surface area contributed by atoms with Gasteiger partial charge in [-0.3, -0.25) is 4.79 Å². The number of unbranched alkanes of at least 4 members (excludes halogenated alkanes) is 1. The van der Waals surface area contributed by atoms with E-state index in [1.54, 1.807) is 11.3 Å². The van der Waals surface area contributed by atoms with Crippen molar-refractivity contribution in [1.82, 2.24) is 9.88 Å². The molecular formula is C20H27N3O2S. The highest BCUT2D eigenvalue weighted by atomic mass is 32.1. The Labute approximate surface area is 159 Å². The third-order valence-corrected chi connectivity index (χ3v) is 5.57. The third-order valence-electron chi connectivity index (χ3n) is 4.57. The number of hydrogen-bond acceptors (Lipinski definition) is 5. The first-order chi connectivity index (χ1) is 12.5. The standard InChI is InChI=1S/C20H27N3O2S/c1-14-7-8-15(2)17(12-14)25-11-5-4-6-19(24)22-20-21-16-9-10-23(3)13-18(16)26-20/h7-8,12H,4-6,9-11,13H2,1-3H3,(H,21,22,24). The summed E-state index contributed by atoms with van der Waals surface area (Å²) in [6.07, 6.45) is 3.14. The molecule has 2 heterocycles. The van der Waals surface area contributed by atoms with Gasteiger partial charge in [0.15, 0.2) is 5.13 Å². The number of nitrogens with one attached hydrogen (secondary N) is 1. The summed E-state index contributed by atoms with van der Waals surface area (Å²) in [5.41, 5.74) is 3.49. The van der Waals surface area contributed by atoms with Crippen molar-refractivity contribution < 1.29 is 9.53 Å². The molecule has 1 aromatic heterocycles. The van der Waals surface area contributed by atoms with Crippen molar-refractivity contribution >= 4 is 22.4 Å². The van der Waals surface area contributed by atoms with Gasteiger partial charge in [-0.1, -0.05) is 12.1 Å². The zero-order valence-corrected chi connectivity index (χ0v) is 16.6. The minimum absolute atomic E-state index is 0.0381. The fourth-order valence-electron chi connectivity index (χ4n) is 2.99. The molecule has 0 bridgehead atoms. The Morgan fingerprint density at radius 1 is 1.35 bits per heavy atom. The minimum atomic E-state index is 0.0381. The fraction of sp³-hybridized carbons (Fsp3) is 0.500. The molecular weight excluding hydrogens is 346 g/mol. The van der Waals surface area contributed by atoms with Crippen LogP contribution >= 0.6 is 11.3 Å². The quantitative estimate of drug-likeness (QED) is 0.747. The van der Waals surface area contributed by atoms with Gasteiger partial charge in [0.05, 0.1) is 12.3 Å². The molecule has 0 saturated heterocycles. The molecule has 1 amide bonds. The highest BCUT2D eigenvalue weighted by Crippen LogP contribution is 2.27. The lowest BCUT2D eigenvalue weighted by Gasteiger charge is -2.20. The molecule has 0 fully saturated rings. The van der Waals surface area contributed by atoms with E-state index >= 15 is 0 Å². The van der Waals surface area contributed by atoms with Crippen LogP contribution in [-0.4, -0.2) is 36.0 Å². The van der Waals surface area contributed by atoms with E-state index in [0.29, 0.717) is 13.0 Å². The fourth-order valence-corrected chi connectivity index (χ4v) is 4.10. The number of carbonyl (C=O) groups excluding carboxylic acids is 1. The molecule has 5 nitrogen and oxygen atoms in total. The lowest BCUT2D eigenvalue weighted by molar-refractivity contribution is -0.116. The van der Waals surface area contributed by atoms with Crippen molar-refractivity contribution in [3.8, 4) is 5.75 Å². The maximum absolute atomic E-state index is 12.1. The average molecular weight is 374 g/mol. The van der Waals surface area contributed by atoms with Gasteiger partial charge in [-0.25, -0.2) is 4.98 Å². The SMILES string of the molecule is Cc1ccc(C)c(OCCCCC(=O)Nc2nc3c(s2)CN(C)CC3)c1. The first-order valence-electron chi connectivity index (χ1n) is 9.18. The van der Waals surface area contributed by atoms with E-state index in [4.69, 9.17) is 4.74 Å². The van der Waals surface area contributed by atoms with Crippen LogP contribution in [0.1, 0.15) is 41.0 Å². The smallest absolute Gasteiger partial charge is 0.226 e. The van der Waals surface area contributed by atoms with Gasteiger partial charge in [-0.05, 0) is 50.9 Å². The Morgan fingerprint density at radius 2 is 2.19 bits per heavy atom. The second-order valence-electron chi connectivity index (χ2n) is 7.00. The summed E-state index contributed by atoms with van der Waals surface area (Å²) < 4.78 is 5.84. The number of nitrogens with zero attached hydrogens (tertiary/aromatic N) is 2. The third kappa shape index (κ3) is 5.05. The molecule has 0 radical (unpaired) electrons. The normalized spacial score (nSPS) is 14.1. The number of thiazole rings is 1. The maximum atomic E-state index is 12.1. The second kappa shape index (κ2) is 8.64. The lowest BCUT2D eigenvalue weighted by Crippen LogP contribution is -2.25. The Morgan fingerprint density at radius 3 is 3.04 bits per heavy atom. The van der Waals surface area contributed by atoms with Crippen LogP contribution in [0.5, 0.6) is 5.75 Å². The molecule has 1 aliphatic heterocycles. The number of likely N-dealkylation sites (N-methyl/N-ethyl adjacent to an activating group) is 1. The molecule has 140 valence electrons. The van der Waals surface area contributed by atoms with E-state index in [9.17, 15) is 4.79 Å². The van der Waals surface area contributed by atoms with E-state index in [-0.39, 0.29) is 5.91 Å². The van der Waals surface area contributed by atoms with Crippen LogP contribution in [0.2, 0.25) is 0 Å². The van der Waals surface area contributed by atoms with Crippen LogP contribution in [0.25, 0.3) is 0 Å². The van der Waals surface area contributed by atoms with Gasteiger partial charge in [-0.15, -0.1) is 11.3 Å². The molecule has 0 atom stereocenters. The summed E-state index contributed by atoms with van der Waals surface area (Å²) in [5.74, 6) is 0.976. The molecule has 0 saturated carbocycles. The van der Waals surface area contributed by atoms with Crippen molar-refractivity contribution in [1.29, 1.82) is 0 Å². The molecule has 0 unspecified atom stereocenters. The molecule has 2 aromatic rings. The number of hydrogen-bond donors (Lipinski definition) is 1. The highest BCUT2D eigenvalue weighted by Gasteiger charge is 2.18. The largest absolute Gasteiger partial charge is 0.493 e. The van der Waals surface area contributed by atoms with E-state index in [2.05, 4.69) is 47.4 Å². The number of ether oxygens (including phenoxy) is 1. The van der Waals surface area contributed by atoms with Gasteiger partial charge < -0.3 is 15.0 Å². The van der Waals surface area contributed by atoms with E-state index in [1.165, 1.54) is 10.4 Å². The number of carbonyl (C=O) groups is 1. The van der Waals surface area contributed by atoms with Gasteiger partial charge in [0.25, 0.3) is 0 Å². The van der Waals surface area contributed by atoms with Crippen LogP contribution in [0.4, 0.5) is 5.13 Å². The molecule has 26 heavy (non-hydrogen) atoms. The van der Waals surface area contributed by atoms with E-state index < -0.39 is 0 Å². The predicted molar refractivity (Wildman–Crippen MR) is 106 cm³/mol. The summed E-state index contributed by atoms with van der Waals surface area (Å²) in [7, 11) is 2.11. The molecule has 3 rings (SSSR count). The number of aromatic nitrogens is 1. The molecule has 0 aliphatic carbocycles. The van der Waals surface area contributed by atoms with Crippen LogP contribution in [0.15, 0.2) is 18.2 Å². The zero-order valence-electron chi connectivity index (χ0n) is 15.8. The summed E-state index contributed by atoms with van der Waals surface area (Å²) in [4.78, 5) is 20.2. The molecule has 1 aromatic carbocycles. The van der Waals surface area contributed by atoms with Crippen molar-refractivity contribution in [3.05, 3.63) is 39.9 Å². The van der Waals surface area contributed by atoms with Crippen LogP contribution in [-0.2, 0) is 17.8 Å². The Bertz CT molecular complexity index is 772. The van der Waals surface area contributed by atoms with Crippen molar-refractivity contribution in [2.75, 3.05) is 25.5 Å². The van der Waals surface area contributed by atoms with E-state index in [0.717, 1.165) is 54.5 Å². The summed E-state index contributed by atoms with van der Waals surface area (Å²) in [5, 5.41) is 3.69.